The molecular weight excluding hydrogens is 274 g/mol. The number of carbonyl (C=O) groups is 1. The number of nitrogens with two attached hydrogens (primary N) is 1. The second-order valence-corrected chi connectivity index (χ2v) is 6.25. The van der Waals surface area contributed by atoms with Gasteiger partial charge in [-0.25, -0.2) is 0 Å². The second-order valence-electron chi connectivity index (χ2n) is 6.25. The van der Waals surface area contributed by atoms with Crippen LogP contribution < -0.4 is 11.1 Å². The van der Waals surface area contributed by atoms with Crippen molar-refractivity contribution in [1.82, 2.24) is 10.2 Å². The molecule has 4 nitrogen and oxygen atoms in total. The standard InChI is InChI=1S/C18H29N3O/c1-2-8-17(19)18(22)20-13-16-11-6-7-12-21(16)14-15-9-4-3-5-10-15/h3-5,9-10,16-17H,2,6-8,11-14,19H2,1H3,(H,20,22). The van der Waals surface area contributed by atoms with Gasteiger partial charge in [-0.1, -0.05) is 50.1 Å². The van der Waals surface area contributed by atoms with Gasteiger partial charge in [0.05, 0.1) is 6.04 Å². The van der Waals surface area contributed by atoms with Gasteiger partial charge in [0, 0.05) is 19.1 Å². The van der Waals surface area contributed by atoms with Crippen molar-refractivity contribution in [3.63, 3.8) is 0 Å². The van der Waals surface area contributed by atoms with Crippen LogP contribution in [0.5, 0.6) is 0 Å². The molecule has 0 spiro atoms. The molecule has 2 rings (SSSR count). The third-order valence-corrected chi connectivity index (χ3v) is 4.43. The summed E-state index contributed by atoms with van der Waals surface area (Å²) in [6, 6.07) is 10.6. The molecule has 1 aliphatic rings. The summed E-state index contributed by atoms with van der Waals surface area (Å²) in [6.07, 6.45) is 5.33. The topological polar surface area (TPSA) is 58.4 Å². The Morgan fingerprint density at radius 3 is 2.86 bits per heavy atom. The number of carbonyl (C=O) groups excluding carboxylic acids is 1. The van der Waals surface area contributed by atoms with Crippen LogP contribution in [0.3, 0.4) is 0 Å². The Balaban J connectivity index is 1.86. The minimum atomic E-state index is -0.365. The lowest BCUT2D eigenvalue weighted by atomic mass is 10.0. The number of nitrogens with one attached hydrogen (secondary N) is 1. The fourth-order valence-electron chi connectivity index (χ4n) is 3.11. The highest BCUT2D eigenvalue weighted by Crippen LogP contribution is 2.19. The van der Waals surface area contributed by atoms with Gasteiger partial charge in [-0.3, -0.25) is 9.69 Å². The number of amides is 1. The van der Waals surface area contributed by atoms with Crippen LogP contribution in [0.4, 0.5) is 0 Å². The molecule has 0 bridgehead atoms. The van der Waals surface area contributed by atoms with Crippen molar-refractivity contribution in [3.05, 3.63) is 35.9 Å². The van der Waals surface area contributed by atoms with E-state index in [1.807, 2.05) is 6.07 Å². The van der Waals surface area contributed by atoms with Crippen molar-refractivity contribution in [1.29, 1.82) is 0 Å². The number of likely N-dealkylation sites (tertiary alicyclic amines) is 1. The van der Waals surface area contributed by atoms with Crippen LogP contribution in [0.1, 0.15) is 44.6 Å². The molecule has 1 aromatic carbocycles. The molecule has 2 atom stereocenters. The molecule has 22 heavy (non-hydrogen) atoms. The van der Waals surface area contributed by atoms with E-state index in [0.29, 0.717) is 12.6 Å². The Labute approximate surface area is 134 Å². The molecule has 1 fully saturated rings. The van der Waals surface area contributed by atoms with Crippen LogP contribution in [0.15, 0.2) is 30.3 Å². The summed E-state index contributed by atoms with van der Waals surface area (Å²) >= 11 is 0. The number of hydrogen-bond acceptors (Lipinski definition) is 3. The lowest BCUT2D eigenvalue weighted by Crippen LogP contribution is -2.49. The molecule has 1 heterocycles. The first-order valence-electron chi connectivity index (χ1n) is 8.52. The average molecular weight is 303 g/mol. The first-order valence-corrected chi connectivity index (χ1v) is 8.52. The SMILES string of the molecule is CCCC(N)C(=O)NCC1CCCCN1Cc1ccccc1. The molecule has 0 saturated carbocycles. The number of piperidine rings is 1. The zero-order valence-corrected chi connectivity index (χ0v) is 13.6. The molecule has 0 aromatic heterocycles. The van der Waals surface area contributed by atoms with E-state index < -0.39 is 0 Å². The fraction of sp³-hybridized carbons (Fsp3) is 0.611. The van der Waals surface area contributed by atoms with Crippen molar-refractivity contribution in [2.75, 3.05) is 13.1 Å². The Bertz CT molecular complexity index is 449. The van der Waals surface area contributed by atoms with Gasteiger partial charge in [-0.2, -0.15) is 0 Å². The first-order chi connectivity index (χ1) is 10.7. The summed E-state index contributed by atoms with van der Waals surface area (Å²) in [4.78, 5) is 14.5. The smallest absolute Gasteiger partial charge is 0.236 e. The minimum Gasteiger partial charge on any atom is -0.353 e. The molecule has 0 aliphatic carbocycles. The predicted octanol–water partition coefficient (Wildman–Crippen LogP) is 2.28. The first kappa shape index (κ1) is 17.0. The van der Waals surface area contributed by atoms with Crippen molar-refractivity contribution in [3.8, 4) is 0 Å². The van der Waals surface area contributed by atoms with Crippen molar-refractivity contribution in [2.45, 2.75) is 57.7 Å². The summed E-state index contributed by atoms with van der Waals surface area (Å²) in [5, 5.41) is 3.05. The molecule has 1 amide bonds. The normalized spacial score (nSPS) is 20.5. The van der Waals surface area contributed by atoms with Gasteiger partial charge >= 0.3 is 0 Å². The zero-order valence-electron chi connectivity index (χ0n) is 13.6. The third kappa shape index (κ3) is 5.11. The van der Waals surface area contributed by atoms with E-state index in [1.54, 1.807) is 0 Å². The van der Waals surface area contributed by atoms with Gasteiger partial charge in [0.25, 0.3) is 0 Å². The highest BCUT2D eigenvalue weighted by molar-refractivity contribution is 5.81. The Morgan fingerprint density at radius 2 is 2.14 bits per heavy atom. The van der Waals surface area contributed by atoms with E-state index in [-0.39, 0.29) is 11.9 Å². The molecule has 1 saturated heterocycles. The lowest BCUT2D eigenvalue weighted by molar-refractivity contribution is -0.122. The molecule has 4 heteroatoms. The van der Waals surface area contributed by atoms with Gasteiger partial charge in [-0.15, -0.1) is 0 Å². The summed E-state index contributed by atoms with van der Waals surface area (Å²) in [7, 11) is 0. The van der Waals surface area contributed by atoms with E-state index in [2.05, 4.69) is 41.4 Å². The van der Waals surface area contributed by atoms with Gasteiger partial charge in [0.2, 0.25) is 5.91 Å². The van der Waals surface area contributed by atoms with E-state index in [1.165, 1.54) is 18.4 Å². The average Bonchev–Trinajstić information content (AvgIpc) is 2.55. The monoisotopic (exact) mass is 303 g/mol. The van der Waals surface area contributed by atoms with Crippen LogP contribution in [0.25, 0.3) is 0 Å². The number of rotatable bonds is 7. The maximum atomic E-state index is 12.0. The molecule has 122 valence electrons. The van der Waals surface area contributed by atoms with Crippen LogP contribution in [-0.4, -0.2) is 36.0 Å². The summed E-state index contributed by atoms with van der Waals surface area (Å²) < 4.78 is 0. The van der Waals surface area contributed by atoms with Crippen molar-refractivity contribution >= 4 is 5.91 Å². The molecule has 2 unspecified atom stereocenters. The Morgan fingerprint density at radius 1 is 1.36 bits per heavy atom. The van der Waals surface area contributed by atoms with Crippen molar-refractivity contribution in [2.24, 2.45) is 5.73 Å². The molecule has 3 N–H and O–H groups in total. The fourth-order valence-corrected chi connectivity index (χ4v) is 3.11. The Hall–Kier alpha value is -1.39. The second kappa shape index (κ2) is 8.91. The summed E-state index contributed by atoms with van der Waals surface area (Å²) in [5.41, 5.74) is 7.21. The number of nitrogens with zero attached hydrogens (tertiary/aromatic N) is 1. The molecule has 1 aromatic rings. The van der Waals surface area contributed by atoms with Gasteiger partial charge in [-0.05, 0) is 31.4 Å². The summed E-state index contributed by atoms with van der Waals surface area (Å²) in [5.74, 6) is -0.00733. The highest BCUT2D eigenvalue weighted by atomic mass is 16.2. The third-order valence-electron chi connectivity index (χ3n) is 4.43. The van der Waals surface area contributed by atoms with E-state index in [0.717, 1.165) is 32.4 Å². The van der Waals surface area contributed by atoms with E-state index >= 15 is 0 Å². The van der Waals surface area contributed by atoms with Gasteiger partial charge in [0.1, 0.15) is 0 Å². The molecule has 0 radical (unpaired) electrons. The van der Waals surface area contributed by atoms with E-state index in [9.17, 15) is 4.79 Å². The van der Waals surface area contributed by atoms with E-state index in [4.69, 9.17) is 5.73 Å². The van der Waals surface area contributed by atoms with Gasteiger partial charge < -0.3 is 11.1 Å². The van der Waals surface area contributed by atoms with Crippen LogP contribution in [-0.2, 0) is 11.3 Å². The summed E-state index contributed by atoms with van der Waals surface area (Å²) in [6.45, 7) is 4.83. The Kier molecular flexibility index (Phi) is 6.87. The maximum Gasteiger partial charge on any atom is 0.236 e. The number of hydrogen-bond donors (Lipinski definition) is 2. The zero-order chi connectivity index (χ0) is 15.8. The maximum absolute atomic E-state index is 12.0. The predicted molar refractivity (Wildman–Crippen MR) is 90.4 cm³/mol. The molecule has 1 aliphatic heterocycles. The van der Waals surface area contributed by atoms with Crippen LogP contribution in [0.2, 0.25) is 0 Å². The largest absolute Gasteiger partial charge is 0.353 e. The van der Waals surface area contributed by atoms with Crippen LogP contribution >= 0.6 is 0 Å². The van der Waals surface area contributed by atoms with Crippen LogP contribution in [0, 0.1) is 0 Å². The molecular formula is C18H29N3O. The quantitative estimate of drug-likeness (QED) is 0.812. The van der Waals surface area contributed by atoms with Gasteiger partial charge in [0.15, 0.2) is 0 Å². The lowest BCUT2D eigenvalue weighted by Gasteiger charge is -2.36. The van der Waals surface area contributed by atoms with Crippen molar-refractivity contribution < 1.29 is 4.79 Å². The number of benzene rings is 1. The highest BCUT2D eigenvalue weighted by Gasteiger charge is 2.23. The minimum absolute atomic E-state index is 0.00733.